The van der Waals surface area contributed by atoms with E-state index in [4.69, 9.17) is 21.1 Å². The van der Waals surface area contributed by atoms with E-state index in [1.807, 2.05) is 36.4 Å². The number of amides is 1. The number of nitrogens with one attached hydrogen (secondary N) is 2. The largest absolute Gasteiger partial charge is 0.459 e. The molecule has 2 aromatic carbocycles. The fourth-order valence-electron chi connectivity index (χ4n) is 3.84. The van der Waals surface area contributed by atoms with Gasteiger partial charge in [-0.2, -0.15) is 0 Å². The number of pyridine rings is 1. The minimum absolute atomic E-state index is 0.0289. The van der Waals surface area contributed by atoms with Crippen molar-refractivity contribution in [2.45, 2.75) is 31.8 Å². The fourth-order valence-corrected chi connectivity index (χ4v) is 3.97. The number of aliphatic hydroxyl groups excluding tert-OH is 1. The minimum atomic E-state index is -0.651. The quantitative estimate of drug-likeness (QED) is 0.187. The third-order valence-electron chi connectivity index (χ3n) is 5.90. The molecule has 1 aliphatic rings. The van der Waals surface area contributed by atoms with Gasteiger partial charge in [0.15, 0.2) is 5.76 Å². The summed E-state index contributed by atoms with van der Waals surface area (Å²) in [6, 6.07) is 17.7. The lowest BCUT2D eigenvalue weighted by molar-refractivity contribution is -0.385. The minimum Gasteiger partial charge on any atom is -0.459 e. The Hall–Kier alpha value is -3.99. The molecule has 198 valence electrons. The van der Waals surface area contributed by atoms with Crippen molar-refractivity contribution in [1.82, 2.24) is 10.3 Å². The monoisotopic (exact) mass is 538 g/mol. The second-order valence-corrected chi connectivity index (χ2v) is 9.04. The van der Waals surface area contributed by atoms with E-state index in [9.17, 15) is 20.0 Å². The molecule has 2 heterocycles. The second kappa shape index (κ2) is 13.0. The molecule has 0 spiro atoms. The molecule has 11 heteroatoms. The number of carbonyl (C=O) groups excluding carboxylic acids is 1. The number of carbonyl (C=O) groups is 1. The van der Waals surface area contributed by atoms with Crippen molar-refractivity contribution in [2.75, 3.05) is 18.4 Å². The van der Waals surface area contributed by atoms with Crippen LogP contribution in [0.25, 0.3) is 0 Å². The zero-order valence-corrected chi connectivity index (χ0v) is 21.1. The van der Waals surface area contributed by atoms with E-state index in [0.717, 1.165) is 16.7 Å². The van der Waals surface area contributed by atoms with Gasteiger partial charge in [0.1, 0.15) is 12.0 Å². The number of anilines is 1. The highest BCUT2D eigenvalue weighted by Gasteiger charge is 2.28. The Morgan fingerprint density at radius 1 is 1.11 bits per heavy atom. The van der Waals surface area contributed by atoms with Gasteiger partial charge in [-0.3, -0.25) is 14.9 Å². The molecule has 0 radical (unpaired) electrons. The van der Waals surface area contributed by atoms with Gasteiger partial charge in [0, 0.05) is 36.5 Å². The highest BCUT2D eigenvalue weighted by molar-refractivity contribution is 6.30. The molecule has 1 aromatic heterocycles. The second-order valence-electron chi connectivity index (χ2n) is 8.60. The number of halogens is 1. The molecule has 0 aliphatic carbocycles. The predicted molar refractivity (Wildman–Crippen MR) is 141 cm³/mol. The highest BCUT2D eigenvalue weighted by atomic mass is 35.5. The molecule has 38 heavy (non-hydrogen) atoms. The van der Waals surface area contributed by atoms with E-state index in [1.165, 1.54) is 18.3 Å². The average molecular weight is 539 g/mol. The smallest absolute Gasteiger partial charge is 0.287 e. The normalized spacial score (nSPS) is 16.7. The molecule has 1 aliphatic heterocycles. The zero-order valence-electron chi connectivity index (χ0n) is 20.4. The van der Waals surface area contributed by atoms with Crippen LogP contribution in [-0.2, 0) is 27.5 Å². The van der Waals surface area contributed by atoms with Gasteiger partial charge >= 0.3 is 0 Å². The topological polar surface area (TPSA) is 136 Å². The molecule has 0 fully saturated rings. The van der Waals surface area contributed by atoms with E-state index < -0.39 is 11.2 Å². The molecule has 3 aromatic rings. The van der Waals surface area contributed by atoms with Gasteiger partial charge in [-0.1, -0.05) is 48.0 Å². The van der Waals surface area contributed by atoms with Crippen LogP contribution in [0.4, 0.5) is 11.5 Å². The number of benzene rings is 2. The van der Waals surface area contributed by atoms with Gasteiger partial charge in [-0.15, -0.1) is 0 Å². The number of aromatic nitrogens is 1. The number of hydrogen-bond donors (Lipinski definition) is 3. The molecule has 10 nitrogen and oxygen atoms in total. The molecule has 3 N–H and O–H groups in total. The van der Waals surface area contributed by atoms with Crippen LogP contribution in [0.15, 0.2) is 78.7 Å². The summed E-state index contributed by atoms with van der Waals surface area (Å²) in [4.78, 5) is 27.1. The van der Waals surface area contributed by atoms with Crippen LogP contribution in [0, 0.1) is 10.1 Å². The Bertz CT molecular complexity index is 1270. The molecule has 0 saturated carbocycles. The zero-order chi connectivity index (χ0) is 26.9. The van der Waals surface area contributed by atoms with Crippen molar-refractivity contribution in [3.63, 3.8) is 0 Å². The van der Waals surface area contributed by atoms with Crippen molar-refractivity contribution >= 4 is 29.0 Å². The summed E-state index contributed by atoms with van der Waals surface area (Å²) in [5.74, 6) is 0.112. The standard InChI is InChI=1S/C27H27ClN4O6/c28-22-7-5-20(6-8-22)21-13-24(38-26(14-21)37-17-19-3-1-18(16-33)2-4-19)27(34)30-12-11-29-25-10-9-23(15-31-25)32(35)36/h1-10,13,15,21,26,33H,11-12,14,16-17H2,(H,29,31)(H,30,34)/t21-,26+/m1/s1. The van der Waals surface area contributed by atoms with Crippen LogP contribution in [0.3, 0.4) is 0 Å². The SMILES string of the molecule is O=C(NCCNc1ccc([N+](=O)[O-])cn1)C1=C[C@@H](c2ccc(Cl)cc2)C[C@@H](OCc2ccc(CO)cc2)O1. The maximum atomic E-state index is 12.9. The van der Waals surface area contributed by atoms with Crippen LogP contribution < -0.4 is 10.6 Å². The highest BCUT2D eigenvalue weighted by Crippen LogP contribution is 2.32. The van der Waals surface area contributed by atoms with E-state index in [2.05, 4.69) is 15.6 Å². The first-order valence-corrected chi connectivity index (χ1v) is 12.4. The van der Waals surface area contributed by atoms with Gasteiger partial charge in [0.05, 0.1) is 18.1 Å². The molecule has 1 amide bonds. The number of ether oxygens (including phenoxy) is 2. The van der Waals surface area contributed by atoms with E-state index in [0.29, 0.717) is 23.8 Å². The molecule has 0 unspecified atom stereocenters. The molecule has 0 bridgehead atoms. The van der Waals surface area contributed by atoms with Crippen LogP contribution in [0.1, 0.15) is 29.0 Å². The summed E-state index contributed by atoms with van der Waals surface area (Å²) >= 11 is 6.05. The fraction of sp³-hybridized carbons (Fsp3) is 0.259. The molecule has 4 rings (SSSR count). The Morgan fingerprint density at radius 2 is 1.84 bits per heavy atom. The third kappa shape index (κ3) is 7.51. The first-order valence-electron chi connectivity index (χ1n) is 12.0. The summed E-state index contributed by atoms with van der Waals surface area (Å²) in [6.45, 7) is 0.879. The Balaban J connectivity index is 1.36. The number of hydrogen-bond acceptors (Lipinski definition) is 8. The summed E-state index contributed by atoms with van der Waals surface area (Å²) in [5, 5.41) is 26.4. The van der Waals surface area contributed by atoms with Gasteiger partial charge in [0.25, 0.3) is 11.6 Å². The van der Waals surface area contributed by atoms with Gasteiger partial charge in [0.2, 0.25) is 6.29 Å². The number of nitro groups is 1. The average Bonchev–Trinajstić information content (AvgIpc) is 2.95. The van der Waals surface area contributed by atoms with Crippen molar-refractivity contribution < 1.29 is 24.3 Å². The number of aliphatic hydroxyl groups is 1. The van der Waals surface area contributed by atoms with E-state index in [1.54, 1.807) is 18.2 Å². The van der Waals surface area contributed by atoms with Crippen molar-refractivity contribution in [3.8, 4) is 0 Å². The molecule has 0 saturated heterocycles. The summed E-state index contributed by atoms with van der Waals surface area (Å²) < 4.78 is 11.9. The molecular weight excluding hydrogens is 512 g/mol. The lowest BCUT2D eigenvalue weighted by Gasteiger charge is -2.29. The predicted octanol–water partition coefficient (Wildman–Crippen LogP) is 4.29. The Morgan fingerprint density at radius 3 is 2.50 bits per heavy atom. The van der Waals surface area contributed by atoms with Gasteiger partial charge in [-0.05, 0) is 41.0 Å². The molecule has 2 atom stereocenters. The number of allylic oxidation sites excluding steroid dienone is 1. The summed E-state index contributed by atoms with van der Waals surface area (Å²) in [5.41, 5.74) is 2.61. The van der Waals surface area contributed by atoms with Crippen LogP contribution in [0.5, 0.6) is 0 Å². The Labute approximate surface area is 224 Å². The van der Waals surface area contributed by atoms with E-state index >= 15 is 0 Å². The lowest BCUT2D eigenvalue weighted by atomic mass is 9.93. The maximum Gasteiger partial charge on any atom is 0.287 e. The van der Waals surface area contributed by atoms with Crippen molar-refractivity contribution in [1.29, 1.82) is 0 Å². The third-order valence-corrected chi connectivity index (χ3v) is 6.15. The summed E-state index contributed by atoms with van der Waals surface area (Å²) in [7, 11) is 0. The van der Waals surface area contributed by atoms with Crippen LogP contribution in [0.2, 0.25) is 5.02 Å². The van der Waals surface area contributed by atoms with Gasteiger partial charge in [-0.25, -0.2) is 4.98 Å². The van der Waals surface area contributed by atoms with E-state index in [-0.39, 0.29) is 43.0 Å². The maximum absolute atomic E-state index is 12.9. The van der Waals surface area contributed by atoms with Gasteiger partial charge < -0.3 is 25.2 Å². The Kier molecular flexibility index (Phi) is 9.26. The number of nitrogens with zero attached hydrogens (tertiary/aromatic N) is 2. The van der Waals surface area contributed by atoms with Crippen LogP contribution >= 0.6 is 11.6 Å². The van der Waals surface area contributed by atoms with Crippen molar-refractivity contribution in [2.24, 2.45) is 0 Å². The first kappa shape index (κ1) is 27.1. The summed E-state index contributed by atoms with van der Waals surface area (Å²) in [6.07, 6.45) is 2.81. The number of rotatable bonds is 11. The van der Waals surface area contributed by atoms with Crippen LogP contribution in [-0.4, -0.2) is 40.3 Å². The lowest BCUT2D eigenvalue weighted by Crippen LogP contribution is -2.35. The van der Waals surface area contributed by atoms with Crippen molar-refractivity contribution in [3.05, 3.63) is 111 Å². The molecular formula is C27H27ClN4O6. The first-order chi connectivity index (χ1) is 18.4.